The topological polar surface area (TPSA) is 104 Å². The number of aromatic nitrogens is 5. The Morgan fingerprint density at radius 2 is 2.10 bits per heavy atom. The number of hydrogen-bond acceptors (Lipinski definition) is 8. The van der Waals surface area contributed by atoms with Gasteiger partial charge in [-0.05, 0) is 24.6 Å². The van der Waals surface area contributed by atoms with E-state index in [0.717, 1.165) is 22.1 Å². The molecule has 0 atom stereocenters. The van der Waals surface area contributed by atoms with E-state index in [-0.39, 0.29) is 5.91 Å². The molecule has 0 spiro atoms. The van der Waals surface area contributed by atoms with Gasteiger partial charge in [-0.1, -0.05) is 17.4 Å². The van der Waals surface area contributed by atoms with Crippen LogP contribution in [0.3, 0.4) is 0 Å². The van der Waals surface area contributed by atoms with Crippen molar-refractivity contribution in [1.82, 2.24) is 24.8 Å². The van der Waals surface area contributed by atoms with Crippen molar-refractivity contribution in [3.8, 4) is 11.5 Å². The van der Waals surface area contributed by atoms with Gasteiger partial charge in [0, 0.05) is 24.9 Å². The Kier molecular flexibility index (Phi) is 5.34. The zero-order valence-corrected chi connectivity index (χ0v) is 16.6. The molecule has 148 valence electrons. The molecule has 0 aliphatic carbocycles. The van der Waals surface area contributed by atoms with Crippen LogP contribution in [0.4, 0.5) is 5.13 Å². The number of rotatable bonds is 7. The van der Waals surface area contributed by atoms with Crippen LogP contribution in [0.1, 0.15) is 20.9 Å². The van der Waals surface area contributed by atoms with Gasteiger partial charge >= 0.3 is 0 Å². The second-order valence-electron chi connectivity index (χ2n) is 6.19. The molecule has 0 aliphatic heterocycles. The molecule has 29 heavy (non-hydrogen) atoms. The molecule has 0 unspecified atom stereocenters. The standard InChI is InChI=1S/C19H18N6O3S/c1-12-9-20-17-15(10-21-25(17)11-12)18(26)22-19-24-23-16(29-19)6-7-28-14-5-3-4-13(8-14)27-2/h3-5,8-11H,6-7H2,1-2H3,(H,22,24,26). The van der Waals surface area contributed by atoms with Crippen LogP contribution in [0.15, 0.2) is 42.9 Å². The Morgan fingerprint density at radius 1 is 1.24 bits per heavy atom. The van der Waals surface area contributed by atoms with Gasteiger partial charge in [0.25, 0.3) is 5.91 Å². The minimum atomic E-state index is -0.327. The highest BCUT2D eigenvalue weighted by atomic mass is 32.1. The number of hydrogen-bond donors (Lipinski definition) is 1. The summed E-state index contributed by atoms with van der Waals surface area (Å²) in [5.74, 6) is 1.13. The fraction of sp³-hybridized carbons (Fsp3) is 0.211. The highest BCUT2D eigenvalue weighted by Gasteiger charge is 2.16. The van der Waals surface area contributed by atoms with Crippen LogP contribution in [0.25, 0.3) is 5.65 Å². The van der Waals surface area contributed by atoms with Gasteiger partial charge in [-0.3, -0.25) is 10.1 Å². The normalized spacial score (nSPS) is 10.8. The molecule has 3 heterocycles. The Hall–Kier alpha value is -3.53. The van der Waals surface area contributed by atoms with E-state index in [4.69, 9.17) is 9.47 Å². The van der Waals surface area contributed by atoms with Crippen molar-refractivity contribution in [1.29, 1.82) is 0 Å². The van der Waals surface area contributed by atoms with Crippen molar-refractivity contribution < 1.29 is 14.3 Å². The first kappa shape index (κ1) is 18.8. The summed E-state index contributed by atoms with van der Waals surface area (Å²) in [6.07, 6.45) is 5.56. The number of ether oxygens (including phenoxy) is 2. The van der Waals surface area contributed by atoms with Crippen molar-refractivity contribution in [2.24, 2.45) is 0 Å². The van der Waals surface area contributed by atoms with Gasteiger partial charge in [-0.25, -0.2) is 9.50 Å². The second kappa shape index (κ2) is 8.23. The number of benzene rings is 1. The molecule has 0 fully saturated rings. The van der Waals surface area contributed by atoms with Crippen molar-refractivity contribution in [3.05, 3.63) is 59.0 Å². The van der Waals surface area contributed by atoms with Crippen molar-refractivity contribution in [2.45, 2.75) is 13.3 Å². The van der Waals surface area contributed by atoms with E-state index >= 15 is 0 Å². The predicted octanol–water partition coefficient (Wildman–Crippen LogP) is 2.77. The minimum Gasteiger partial charge on any atom is -0.497 e. The van der Waals surface area contributed by atoms with E-state index in [0.29, 0.717) is 29.4 Å². The van der Waals surface area contributed by atoms with Crippen LogP contribution in [-0.2, 0) is 6.42 Å². The lowest BCUT2D eigenvalue weighted by atomic mass is 10.3. The van der Waals surface area contributed by atoms with Crippen molar-refractivity contribution in [2.75, 3.05) is 19.0 Å². The first-order valence-corrected chi connectivity index (χ1v) is 9.64. The highest BCUT2D eigenvalue weighted by Crippen LogP contribution is 2.21. The summed E-state index contributed by atoms with van der Waals surface area (Å²) in [6, 6.07) is 7.40. The molecule has 9 nitrogen and oxygen atoms in total. The Morgan fingerprint density at radius 3 is 2.97 bits per heavy atom. The van der Waals surface area contributed by atoms with Crippen LogP contribution in [0, 0.1) is 6.92 Å². The highest BCUT2D eigenvalue weighted by molar-refractivity contribution is 7.15. The number of fused-ring (bicyclic) bond motifs is 1. The zero-order chi connectivity index (χ0) is 20.2. The fourth-order valence-corrected chi connectivity index (χ4v) is 3.36. The molecule has 1 amide bonds. The van der Waals surface area contributed by atoms with E-state index in [2.05, 4.69) is 25.6 Å². The maximum Gasteiger partial charge on any atom is 0.262 e. The quantitative estimate of drug-likeness (QED) is 0.500. The molecule has 0 saturated carbocycles. The zero-order valence-electron chi connectivity index (χ0n) is 15.8. The number of carbonyl (C=O) groups excluding carboxylic acids is 1. The second-order valence-corrected chi connectivity index (χ2v) is 7.25. The summed E-state index contributed by atoms with van der Waals surface area (Å²) in [5, 5.41) is 16.2. The predicted molar refractivity (Wildman–Crippen MR) is 108 cm³/mol. The molecule has 0 radical (unpaired) electrons. The molecule has 1 N–H and O–H groups in total. The lowest BCUT2D eigenvalue weighted by Crippen LogP contribution is -2.11. The number of carbonyl (C=O) groups is 1. The fourth-order valence-electron chi connectivity index (χ4n) is 2.65. The van der Waals surface area contributed by atoms with E-state index in [9.17, 15) is 4.79 Å². The van der Waals surface area contributed by atoms with Crippen molar-refractivity contribution >= 4 is 28.0 Å². The summed E-state index contributed by atoms with van der Waals surface area (Å²) in [6.45, 7) is 2.35. The van der Waals surface area contributed by atoms with Crippen LogP contribution in [0.2, 0.25) is 0 Å². The molecule has 10 heteroatoms. The Labute approximate surface area is 170 Å². The van der Waals surface area contributed by atoms with Crippen LogP contribution in [-0.4, -0.2) is 44.4 Å². The van der Waals surface area contributed by atoms with E-state index < -0.39 is 0 Å². The van der Waals surface area contributed by atoms with Gasteiger partial charge in [-0.15, -0.1) is 10.2 Å². The third-order valence-electron chi connectivity index (χ3n) is 4.04. The van der Waals surface area contributed by atoms with Crippen LogP contribution < -0.4 is 14.8 Å². The van der Waals surface area contributed by atoms with Gasteiger partial charge in [0.1, 0.15) is 22.1 Å². The number of amides is 1. The van der Waals surface area contributed by atoms with Crippen molar-refractivity contribution in [3.63, 3.8) is 0 Å². The lowest BCUT2D eigenvalue weighted by Gasteiger charge is -2.06. The van der Waals surface area contributed by atoms with Gasteiger partial charge in [0.15, 0.2) is 5.65 Å². The molecule has 0 bridgehead atoms. The van der Waals surface area contributed by atoms with E-state index in [1.54, 1.807) is 17.8 Å². The molecular formula is C19H18N6O3S. The van der Waals surface area contributed by atoms with Gasteiger partial charge in [-0.2, -0.15) is 5.10 Å². The first-order chi connectivity index (χ1) is 14.1. The number of aryl methyl sites for hydroxylation is 1. The summed E-state index contributed by atoms with van der Waals surface area (Å²) < 4.78 is 12.5. The average molecular weight is 410 g/mol. The first-order valence-electron chi connectivity index (χ1n) is 8.83. The number of methoxy groups -OCH3 is 1. The SMILES string of the molecule is COc1cccc(OCCc2nnc(NC(=O)c3cnn4cc(C)cnc34)s2)c1. The molecule has 0 saturated heterocycles. The molecule has 0 aliphatic rings. The molecule has 1 aromatic carbocycles. The van der Waals surface area contributed by atoms with Gasteiger partial charge in [0.2, 0.25) is 5.13 Å². The smallest absolute Gasteiger partial charge is 0.262 e. The summed E-state index contributed by atoms with van der Waals surface area (Å²) in [7, 11) is 1.61. The monoisotopic (exact) mass is 410 g/mol. The van der Waals surface area contributed by atoms with E-state index in [1.165, 1.54) is 17.5 Å². The van der Waals surface area contributed by atoms with E-state index in [1.807, 2.05) is 37.4 Å². The van der Waals surface area contributed by atoms with Gasteiger partial charge in [0.05, 0.1) is 19.9 Å². The third kappa shape index (κ3) is 4.32. The maximum atomic E-state index is 12.5. The lowest BCUT2D eigenvalue weighted by molar-refractivity contribution is 0.102. The summed E-state index contributed by atoms with van der Waals surface area (Å²) >= 11 is 1.30. The maximum absolute atomic E-state index is 12.5. The summed E-state index contributed by atoms with van der Waals surface area (Å²) in [5.41, 5.74) is 1.82. The number of nitrogens with one attached hydrogen (secondary N) is 1. The molecule has 3 aromatic heterocycles. The number of nitrogens with zero attached hydrogens (tertiary/aromatic N) is 5. The third-order valence-corrected chi connectivity index (χ3v) is 4.94. The number of anilines is 1. The van der Waals surface area contributed by atoms with Gasteiger partial charge < -0.3 is 9.47 Å². The Bertz CT molecular complexity index is 1160. The molecule has 4 rings (SSSR count). The van der Waals surface area contributed by atoms with Crippen LogP contribution in [0.5, 0.6) is 11.5 Å². The molecular weight excluding hydrogens is 392 g/mol. The molecule has 4 aromatic rings. The summed E-state index contributed by atoms with van der Waals surface area (Å²) in [4.78, 5) is 16.8. The van der Waals surface area contributed by atoms with Crippen LogP contribution >= 0.6 is 11.3 Å². The Balaban J connectivity index is 1.35. The largest absolute Gasteiger partial charge is 0.497 e. The average Bonchev–Trinajstić information content (AvgIpc) is 3.34. The minimum absolute atomic E-state index is 0.327.